The van der Waals surface area contributed by atoms with Gasteiger partial charge in [-0.05, 0) is 42.4 Å². The SMILES string of the molecule is COCCNC(=O)c1nc(C(=O)Nc2ccc(C(C)(C)C)cc2)n2c1CCCC2. The van der Waals surface area contributed by atoms with Crippen LogP contribution in [0.4, 0.5) is 5.69 Å². The molecule has 0 spiro atoms. The minimum atomic E-state index is -0.299. The molecule has 156 valence electrons. The zero-order chi connectivity index (χ0) is 21.0. The van der Waals surface area contributed by atoms with Crippen molar-refractivity contribution < 1.29 is 14.3 Å². The molecular formula is C22H30N4O3. The highest BCUT2D eigenvalue weighted by Crippen LogP contribution is 2.25. The van der Waals surface area contributed by atoms with Gasteiger partial charge >= 0.3 is 0 Å². The summed E-state index contributed by atoms with van der Waals surface area (Å²) in [7, 11) is 1.58. The molecule has 0 aliphatic carbocycles. The number of hydrogen-bond acceptors (Lipinski definition) is 4. The summed E-state index contributed by atoms with van der Waals surface area (Å²) in [6.07, 6.45) is 2.70. The third-order valence-corrected chi connectivity index (χ3v) is 5.14. The fraction of sp³-hybridized carbons (Fsp3) is 0.500. The monoisotopic (exact) mass is 398 g/mol. The van der Waals surface area contributed by atoms with Crippen molar-refractivity contribution in [3.63, 3.8) is 0 Å². The van der Waals surface area contributed by atoms with E-state index in [0.29, 0.717) is 31.1 Å². The molecule has 0 radical (unpaired) electrons. The first-order valence-electron chi connectivity index (χ1n) is 10.1. The molecule has 2 aromatic rings. The number of amides is 2. The van der Waals surface area contributed by atoms with E-state index in [9.17, 15) is 9.59 Å². The van der Waals surface area contributed by atoms with E-state index in [1.165, 1.54) is 5.56 Å². The number of nitrogens with one attached hydrogen (secondary N) is 2. The number of hydrogen-bond donors (Lipinski definition) is 2. The summed E-state index contributed by atoms with van der Waals surface area (Å²) in [5.74, 6) is -0.273. The number of aromatic nitrogens is 2. The highest BCUT2D eigenvalue weighted by molar-refractivity contribution is 6.03. The molecule has 0 unspecified atom stereocenters. The molecule has 3 rings (SSSR count). The Bertz CT molecular complexity index is 879. The number of ether oxygens (including phenoxy) is 1. The first kappa shape index (κ1) is 21.0. The Morgan fingerprint density at radius 3 is 2.52 bits per heavy atom. The molecule has 2 heterocycles. The van der Waals surface area contributed by atoms with Crippen LogP contribution in [0, 0.1) is 0 Å². The van der Waals surface area contributed by atoms with Crippen LogP contribution in [0.15, 0.2) is 24.3 Å². The number of methoxy groups -OCH3 is 1. The van der Waals surface area contributed by atoms with Gasteiger partial charge in [-0.25, -0.2) is 4.98 Å². The maximum atomic E-state index is 12.9. The van der Waals surface area contributed by atoms with Crippen molar-refractivity contribution in [2.75, 3.05) is 25.6 Å². The average molecular weight is 399 g/mol. The molecule has 1 aromatic heterocycles. The van der Waals surface area contributed by atoms with E-state index in [1.54, 1.807) is 7.11 Å². The van der Waals surface area contributed by atoms with Crippen molar-refractivity contribution >= 4 is 17.5 Å². The number of benzene rings is 1. The molecule has 1 aliphatic heterocycles. The van der Waals surface area contributed by atoms with Crippen LogP contribution in [0.5, 0.6) is 0 Å². The molecular weight excluding hydrogens is 368 g/mol. The molecule has 2 amide bonds. The summed E-state index contributed by atoms with van der Waals surface area (Å²) in [5.41, 5.74) is 3.13. The lowest BCUT2D eigenvalue weighted by Gasteiger charge is -2.19. The van der Waals surface area contributed by atoms with Crippen molar-refractivity contribution in [2.45, 2.75) is 52.0 Å². The van der Waals surface area contributed by atoms with Crippen molar-refractivity contribution in [1.82, 2.24) is 14.9 Å². The summed E-state index contributed by atoms with van der Waals surface area (Å²) in [6, 6.07) is 7.84. The number of nitrogens with zero attached hydrogens (tertiary/aromatic N) is 2. The second-order valence-corrected chi connectivity index (χ2v) is 8.37. The fourth-order valence-electron chi connectivity index (χ4n) is 3.49. The standard InChI is InChI=1S/C22H30N4O3/c1-22(2,3)15-8-10-16(11-9-15)24-21(28)19-25-18(20(27)23-12-14-29-4)17-7-5-6-13-26(17)19/h8-11H,5-7,12-14H2,1-4H3,(H,23,27)(H,24,28). The summed E-state index contributed by atoms with van der Waals surface area (Å²) < 4.78 is 6.86. The first-order valence-corrected chi connectivity index (χ1v) is 10.1. The van der Waals surface area contributed by atoms with E-state index in [4.69, 9.17) is 4.74 Å². The normalized spacial score (nSPS) is 13.7. The maximum Gasteiger partial charge on any atom is 0.291 e. The van der Waals surface area contributed by atoms with E-state index in [2.05, 4.69) is 36.4 Å². The second-order valence-electron chi connectivity index (χ2n) is 8.37. The zero-order valence-corrected chi connectivity index (χ0v) is 17.7. The highest BCUT2D eigenvalue weighted by Gasteiger charge is 2.27. The topological polar surface area (TPSA) is 85.2 Å². The Labute approximate surface area is 171 Å². The van der Waals surface area contributed by atoms with Crippen molar-refractivity contribution in [2.24, 2.45) is 0 Å². The van der Waals surface area contributed by atoms with Crippen LogP contribution in [-0.4, -0.2) is 41.6 Å². The number of rotatable bonds is 6. The van der Waals surface area contributed by atoms with Gasteiger partial charge in [0.25, 0.3) is 11.8 Å². The van der Waals surface area contributed by atoms with Gasteiger partial charge in [0.15, 0.2) is 5.82 Å². The second kappa shape index (κ2) is 8.78. The predicted molar refractivity (Wildman–Crippen MR) is 112 cm³/mol. The van der Waals surface area contributed by atoms with Crippen LogP contribution in [-0.2, 0) is 23.1 Å². The molecule has 29 heavy (non-hydrogen) atoms. The number of carbonyl (C=O) groups excluding carboxylic acids is 2. The number of anilines is 1. The number of carbonyl (C=O) groups is 2. The average Bonchev–Trinajstić information content (AvgIpc) is 3.08. The summed E-state index contributed by atoms with van der Waals surface area (Å²) in [4.78, 5) is 29.9. The van der Waals surface area contributed by atoms with Crippen molar-refractivity contribution in [3.05, 3.63) is 47.0 Å². The lowest BCUT2D eigenvalue weighted by Crippen LogP contribution is -2.28. The van der Waals surface area contributed by atoms with Gasteiger partial charge in [-0.1, -0.05) is 32.9 Å². The van der Waals surface area contributed by atoms with E-state index in [1.807, 2.05) is 28.8 Å². The quantitative estimate of drug-likeness (QED) is 0.732. The molecule has 0 atom stereocenters. The van der Waals surface area contributed by atoms with Crippen LogP contribution >= 0.6 is 0 Å². The molecule has 0 saturated carbocycles. The van der Waals surface area contributed by atoms with Gasteiger partial charge < -0.3 is 19.9 Å². The van der Waals surface area contributed by atoms with E-state index >= 15 is 0 Å². The van der Waals surface area contributed by atoms with Gasteiger partial charge in [0, 0.05) is 25.9 Å². The lowest BCUT2D eigenvalue weighted by atomic mass is 9.87. The Morgan fingerprint density at radius 2 is 1.86 bits per heavy atom. The van der Waals surface area contributed by atoms with Crippen molar-refractivity contribution in [3.8, 4) is 0 Å². The van der Waals surface area contributed by atoms with E-state index in [0.717, 1.165) is 25.0 Å². The maximum absolute atomic E-state index is 12.9. The van der Waals surface area contributed by atoms with Gasteiger partial charge in [0.2, 0.25) is 0 Å². The van der Waals surface area contributed by atoms with E-state index in [-0.39, 0.29) is 23.1 Å². The molecule has 2 N–H and O–H groups in total. The van der Waals surface area contributed by atoms with Crippen LogP contribution in [0.3, 0.4) is 0 Å². The first-order chi connectivity index (χ1) is 13.8. The predicted octanol–water partition coefficient (Wildman–Crippen LogP) is 3.15. The highest BCUT2D eigenvalue weighted by atomic mass is 16.5. The number of fused-ring (bicyclic) bond motifs is 1. The van der Waals surface area contributed by atoms with Crippen molar-refractivity contribution in [1.29, 1.82) is 0 Å². The van der Waals surface area contributed by atoms with Crippen LogP contribution in [0.2, 0.25) is 0 Å². The Balaban J connectivity index is 1.80. The van der Waals surface area contributed by atoms with Gasteiger partial charge in [-0.3, -0.25) is 9.59 Å². The Hall–Kier alpha value is -2.67. The summed E-state index contributed by atoms with van der Waals surface area (Å²) in [6.45, 7) is 7.98. The molecule has 1 aromatic carbocycles. The summed E-state index contributed by atoms with van der Waals surface area (Å²) in [5, 5.41) is 5.72. The smallest absolute Gasteiger partial charge is 0.291 e. The molecule has 0 bridgehead atoms. The van der Waals surface area contributed by atoms with Gasteiger partial charge in [0.1, 0.15) is 5.69 Å². The Morgan fingerprint density at radius 1 is 1.14 bits per heavy atom. The van der Waals surface area contributed by atoms with E-state index < -0.39 is 0 Å². The number of imidazole rings is 1. The Kier molecular flexibility index (Phi) is 6.37. The van der Waals surface area contributed by atoms with Crippen LogP contribution < -0.4 is 10.6 Å². The zero-order valence-electron chi connectivity index (χ0n) is 17.7. The van der Waals surface area contributed by atoms with Gasteiger partial charge in [0.05, 0.1) is 12.3 Å². The molecule has 7 heteroatoms. The molecule has 7 nitrogen and oxygen atoms in total. The minimum absolute atomic E-state index is 0.0514. The summed E-state index contributed by atoms with van der Waals surface area (Å²) >= 11 is 0. The fourth-order valence-corrected chi connectivity index (χ4v) is 3.49. The van der Waals surface area contributed by atoms with Gasteiger partial charge in [-0.2, -0.15) is 0 Å². The van der Waals surface area contributed by atoms with Crippen LogP contribution in [0.25, 0.3) is 0 Å². The third kappa shape index (κ3) is 4.85. The molecule has 0 saturated heterocycles. The van der Waals surface area contributed by atoms with Gasteiger partial charge in [-0.15, -0.1) is 0 Å². The minimum Gasteiger partial charge on any atom is -0.383 e. The lowest BCUT2D eigenvalue weighted by molar-refractivity contribution is 0.0931. The third-order valence-electron chi connectivity index (χ3n) is 5.14. The molecule has 0 fully saturated rings. The largest absolute Gasteiger partial charge is 0.383 e. The van der Waals surface area contributed by atoms with Crippen LogP contribution in [0.1, 0.15) is 66.0 Å². The molecule has 1 aliphatic rings.